The molecule has 1 aromatic heterocycles. The molecule has 0 saturated carbocycles. The number of aliphatic hydroxyl groups is 1. The molecule has 2 rings (SSSR count). The van der Waals surface area contributed by atoms with Gasteiger partial charge in [-0.2, -0.15) is 0 Å². The fourth-order valence-electron chi connectivity index (χ4n) is 1.76. The minimum Gasteiger partial charge on any atom is -0.493 e. The number of ether oxygens (including phenoxy) is 1. The second-order valence-corrected chi connectivity index (χ2v) is 3.89. The number of benzene rings is 1. The maximum atomic E-state index is 9.48. The quantitative estimate of drug-likeness (QED) is 0.864. The van der Waals surface area contributed by atoms with Gasteiger partial charge >= 0.3 is 0 Å². The first-order valence-corrected chi connectivity index (χ1v) is 5.44. The summed E-state index contributed by atoms with van der Waals surface area (Å²) in [7, 11) is 1.62. The Kier molecular flexibility index (Phi) is 2.88. The predicted octanol–water partition coefficient (Wildman–Crippen LogP) is 3.06. The fourth-order valence-corrected chi connectivity index (χ4v) is 1.76. The number of hydrogen-bond donors (Lipinski definition) is 1. The van der Waals surface area contributed by atoms with E-state index in [4.69, 9.17) is 9.15 Å². The van der Waals surface area contributed by atoms with Crippen LogP contribution in [0.15, 0.2) is 22.6 Å². The summed E-state index contributed by atoms with van der Waals surface area (Å²) in [5, 5.41) is 10.5. The molecule has 0 amide bonds. The molecule has 0 bridgehead atoms. The average Bonchev–Trinajstić information content (AvgIpc) is 2.71. The summed E-state index contributed by atoms with van der Waals surface area (Å²) in [5.41, 5.74) is 1.90. The van der Waals surface area contributed by atoms with Crippen molar-refractivity contribution < 1.29 is 14.3 Å². The number of rotatable bonds is 3. The standard InChI is InChI=1S/C13H16O3/c1-4-9-5-10-7-11(8(2)14)16-13(10)12(6-9)15-3/h5-8,14H,4H2,1-3H3. The van der Waals surface area contributed by atoms with Gasteiger partial charge in [-0.1, -0.05) is 6.92 Å². The maximum absolute atomic E-state index is 9.48. The Morgan fingerprint density at radius 2 is 2.12 bits per heavy atom. The molecule has 0 spiro atoms. The largest absolute Gasteiger partial charge is 0.493 e. The Morgan fingerprint density at radius 3 is 2.69 bits per heavy atom. The van der Waals surface area contributed by atoms with Crippen molar-refractivity contribution in [3.8, 4) is 5.75 Å². The Labute approximate surface area is 94.6 Å². The van der Waals surface area contributed by atoms with Crippen LogP contribution in [0, 0.1) is 0 Å². The predicted molar refractivity (Wildman–Crippen MR) is 62.8 cm³/mol. The van der Waals surface area contributed by atoms with Crippen molar-refractivity contribution in [3.05, 3.63) is 29.5 Å². The van der Waals surface area contributed by atoms with E-state index in [0.29, 0.717) is 11.3 Å². The molecule has 3 heteroatoms. The smallest absolute Gasteiger partial charge is 0.176 e. The number of furan rings is 1. The van der Waals surface area contributed by atoms with E-state index in [1.54, 1.807) is 14.0 Å². The lowest BCUT2D eigenvalue weighted by Crippen LogP contribution is -1.86. The molecule has 0 saturated heterocycles. The third-order valence-corrected chi connectivity index (χ3v) is 2.70. The summed E-state index contributed by atoms with van der Waals surface area (Å²) < 4.78 is 10.9. The first-order valence-electron chi connectivity index (χ1n) is 5.44. The van der Waals surface area contributed by atoms with Crippen molar-refractivity contribution >= 4 is 11.0 Å². The van der Waals surface area contributed by atoms with Crippen LogP contribution in [0.1, 0.15) is 31.3 Å². The van der Waals surface area contributed by atoms with Crippen molar-refractivity contribution in [1.29, 1.82) is 0 Å². The molecule has 1 atom stereocenters. The molecular weight excluding hydrogens is 204 g/mol. The Hall–Kier alpha value is -1.48. The molecular formula is C13H16O3. The van der Waals surface area contributed by atoms with Gasteiger partial charge in [0.15, 0.2) is 11.3 Å². The minimum absolute atomic E-state index is 0.571. The lowest BCUT2D eigenvalue weighted by Gasteiger charge is -2.03. The van der Waals surface area contributed by atoms with Gasteiger partial charge < -0.3 is 14.3 Å². The molecule has 16 heavy (non-hydrogen) atoms. The van der Waals surface area contributed by atoms with Crippen molar-refractivity contribution in [1.82, 2.24) is 0 Å². The van der Waals surface area contributed by atoms with Crippen LogP contribution in [0.2, 0.25) is 0 Å². The molecule has 1 N–H and O–H groups in total. The van der Waals surface area contributed by atoms with Crippen LogP contribution in [0.3, 0.4) is 0 Å². The van der Waals surface area contributed by atoms with Crippen LogP contribution in [-0.2, 0) is 6.42 Å². The van der Waals surface area contributed by atoms with Crippen LogP contribution in [-0.4, -0.2) is 12.2 Å². The summed E-state index contributed by atoms with van der Waals surface area (Å²) >= 11 is 0. The molecule has 0 fully saturated rings. The van der Waals surface area contributed by atoms with Gasteiger partial charge in [0.1, 0.15) is 11.9 Å². The van der Waals surface area contributed by atoms with Gasteiger partial charge in [-0.25, -0.2) is 0 Å². The van der Waals surface area contributed by atoms with E-state index in [1.165, 1.54) is 5.56 Å². The monoisotopic (exact) mass is 220 g/mol. The van der Waals surface area contributed by atoms with E-state index in [-0.39, 0.29) is 0 Å². The van der Waals surface area contributed by atoms with Gasteiger partial charge in [0.2, 0.25) is 0 Å². The summed E-state index contributed by atoms with van der Waals surface area (Å²) in [4.78, 5) is 0. The topological polar surface area (TPSA) is 42.6 Å². The lowest BCUT2D eigenvalue weighted by molar-refractivity contribution is 0.172. The molecule has 2 aromatic rings. The Bertz CT molecular complexity index is 497. The molecule has 0 aliphatic rings. The maximum Gasteiger partial charge on any atom is 0.176 e. The fraction of sp³-hybridized carbons (Fsp3) is 0.385. The zero-order valence-electron chi connectivity index (χ0n) is 9.78. The SMILES string of the molecule is CCc1cc(OC)c2oc(C(C)O)cc2c1. The highest BCUT2D eigenvalue weighted by atomic mass is 16.5. The van der Waals surface area contributed by atoms with Gasteiger partial charge in [0.25, 0.3) is 0 Å². The Balaban J connectivity index is 2.65. The molecule has 0 aliphatic carbocycles. The number of methoxy groups -OCH3 is 1. The second-order valence-electron chi connectivity index (χ2n) is 3.89. The summed E-state index contributed by atoms with van der Waals surface area (Å²) in [5.74, 6) is 1.29. The van der Waals surface area contributed by atoms with E-state index in [2.05, 4.69) is 13.0 Å². The van der Waals surface area contributed by atoms with Crippen molar-refractivity contribution in [2.75, 3.05) is 7.11 Å². The van der Waals surface area contributed by atoms with Gasteiger partial charge in [-0.05, 0) is 37.1 Å². The van der Waals surface area contributed by atoms with Crippen LogP contribution in [0.4, 0.5) is 0 Å². The second kappa shape index (κ2) is 4.18. The zero-order valence-corrected chi connectivity index (χ0v) is 9.78. The van der Waals surface area contributed by atoms with E-state index in [1.807, 2.05) is 12.1 Å². The zero-order chi connectivity index (χ0) is 11.7. The van der Waals surface area contributed by atoms with Crippen LogP contribution in [0.25, 0.3) is 11.0 Å². The van der Waals surface area contributed by atoms with Crippen molar-refractivity contribution in [2.24, 2.45) is 0 Å². The van der Waals surface area contributed by atoms with E-state index < -0.39 is 6.10 Å². The van der Waals surface area contributed by atoms with Crippen molar-refractivity contribution in [3.63, 3.8) is 0 Å². The highest BCUT2D eigenvalue weighted by Crippen LogP contribution is 2.32. The third kappa shape index (κ3) is 1.78. The summed E-state index contributed by atoms with van der Waals surface area (Å²) in [6.07, 6.45) is 0.351. The molecule has 3 nitrogen and oxygen atoms in total. The number of aliphatic hydroxyl groups excluding tert-OH is 1. The molecule has 1 unspecified atom stereocenters. The number of hydrogen-bond acceptors (Lipinski definition) is 3. The van der Waals surface area contributed by atoms with Gasteiger partial charge in [0.05, 0.1) is 7.11 Å². The minimum atomic E-state index is -0.595. The van der Waals surface area contributed by atoms with Gasteiger partial charge in [-0.15, -0.1) is 0 Å². The average molecular weight is 220 g/mol. The number of aryl methyl sites for hydroxylation is 1. The molecule has 0 radical (unpaired) electrons. The first-order chi connectivity index (χ1) is 7.65. The summed E-state index contributed by atoms with van der Waals surface area (Å²) in [6.45, 7) is 3.78. The van der Waals surface area contributed by atoms with E-state index in [0.717, 1.165) is 17.6 Å². The Morgan fingerprint density at radius 1 is 1.38 bits per heavy atom. The highest BCUT2D eigenvalue weighted by Gasteiger charge is 2.13. The van der Waals surface area contributed by atoms with Gasteiger partial charge in [0, 0.05) is 5.39 Å². The normalized spacial score (nSPS) is 13.0. The van der Waals surface area contributed by atoms with E-state index in [9.17, 15) is 5.11 Å². The van der Waals surface area contributed by atoms with Crippen LogP contribution in [0.5, 0.6) is 5.75 Å². The third-order valence-electron chi connectivity index (χ3n) is 2.70. The van der Waals surface area contributed by atoms with Crippen molar-refractivity contribution in [2.45, 2.75) is 26.4 Å². The number of fused-ring (bicyclic) bond motifs is 1. The first kappa shape index (κ1) is 11.0. The summed E-state index contributed by atoms with van der Waals surface area (Å²) in [6, 6.07) is 5.90. The molecule has 86 valence electrons. The highest BCUT2D eigenvalue weighted by molar-refractivity contribution is 5.84. The van der Waals surface area contributed by atoms with E-state index >= 15 is 0 Å². The lowest BCUT2D eigenvalue weighted by atomic mass is 10.1. The molecule has 1 heterocycles. The van der Waals surface area contributed by atoms with Crippen LogP contribution >= 0.6 is 0 Å². The van der Waals surface area contributed by atoms with Crippen LogP contribution < -0.4 is 4.74 Å². The van der Waals surface area contributed by atoms with Gasteiger partial charge in [-0.3, -0.25) is 0 Å². The molecule has 1 aromatic carbocycles. The molecule has 0 aliphatic heterocycles.